The summed E-state index contributed by atoms with van der Waals surface area (Å²) in [6.07, 6.45) is 2.72. The lowest BCUT2D eigenvalue weighted by Gasteiger charge is -2.34. The topological polar surface area (TPSA) is 67.4 Å². The lowest BCUT2D eigenvalue weighted by atomic mass is 9.72. The van der Waals surface area contributed by atoms with Gasteiger partial charge in [-0.15, -0.1) is 11.3 Å². The molecule has 1 amide bonds. The number of rotatable bonds is 3. The third-order valence-corrected chi connectivity index (χ3v) is 7.86. The van der Waals surface area contributed by atoms with Gasteiger partial charge in [0.15, 0.2) is 0 Å². The van der Waals surface area contributed by atoms with E-state index in [2.05, 4.69) is 31.4 Å². The molecule has 0 saturated heterocycles. The number of amides is 1. The van der Waals surface area contributed by atoms with Crippen LogP contribution in [0.2, 0.25) is 0 Å². The molecular formula is C27H28N2O3S. The minimum absolute atomic E-state index is 0.0351. The molecule has 6 heteroatoms. The van der Waals surface area contributed by atoms with Crippen LogP contribution >= 0.6 is 11.3 Å². The van der Waals surface area contributed by atoms with Crippen LogP contribution in [-0.2, 0) is 12.8 Å². The van der Waals surface area contributed by atoms with Gasteiger partial charge in [-0.3, -0.25) is 4.79 Å². The summed E-state index contributed by atoms with van der Waals surface area (Å²) in [5, 5.41) is 7.55. The molecule has 0 fully saturated rings. The fraction of sp³-hybridized carbons (Fsp3) is 0.333. The Morgan fingerprint density at radius 1 is 1.06 bits per heavy atom. The molecule has 0 bridgehead atoms. The molecule has 2 heterocycles. The number of carbonyl (C=O) groups is 2. The lowest BCUT2D eigenvalue weighted by Crippen LogP contribution is -2.38. The van der Waals surface area contributed by atoms with Crippen molar-refractivity contribution in [2.75, 3.05) is 5.32 Å². The van der Waals surface area contributed by atoms with Crippen LogP contribution < -0.4 is 15.4 Å². The van der Waals surface area contributed by atoms with Crippen molar-refractivity contribution in [2.45, 2.75) is 46.2 Å². The van der Waals surface area contributed by atoms with E-state index in [1.54, 1.807) is 47.7 Å². The Kier molecular flexibility index (Phi) is 5.49. The van der Waals surface area contributed by atoms with Gasteiger partial charge in [-0.05, 0) is 66.0 Å². The number of anilines is 1. The highest BCUT2D eigenvalue weighted by atomic mass is 32.1. The predicted octanol–water partition coefficient (Wildman–Crippen LogP) is 5.97. The largest absolute Gasteiger partial charge is 0.423 e. The first-order valence-electron chi connectivity index (χ1n) is 11.4. The smallest absolute Gasteiger partial charge is 0.343 e. The standard InChI is InChI=1S/C27H28N2O3S/c1-27(2,3)18-12-13-20-21(15-18)33-25-22(20)24(30)28-23(29-25)17-10-7-11-19(14-17)32-26(31)16-8-5-4-6-9-16/h4-11,14,18,23,29H,12-13,15H2,1-3H3,(H,28,30)/t18-,23-/m1/s1. The molecule has 0 spiro atoms. The Labute approximate surface area is 198 Å². The summed E-state index contributed by atoms with van der Waals surface area (Å²) in [7, 11) is 0. The average Bonchev–Trinajstić information content (AvgIpc) is 3.17. The molecule has 2 N–H and O–H groups in total. The summed E-state index contributed by atoms with van der Waals surface area (Å²) in [5.41, 5.74) is 3.62. The Balaban J connectivity index is 1.36. The second-order valence-corrected chi connectivity index (χ2v) is 11.0. The van der Waals surface area contributed by atoms with E-state index < -0.39 is 5.97 Å². The minimum Gasteiger partial charge on any atom is -0.423 e. The number of thiophene rings is 1. The van der Waals surface area contributed by atoms with Crippen LogP contribution in [0.5, 0.6) is 5.75 Å². The minimum atomic E-state index is -0.407. The van der Waals surface area contributed by atoms with E-state index in [4.69, 9.17) is 4.74 Å². The van der Waals surface area contributed by atoms with E-state index in [0.29, 0.717) is 17.2 Å². The highest BCUT2D eigenvalue weighted by molar-refractivity contribution is 7.16. The van der Waals surface area contributed by atoms with Gasteiger partial charge in [-0.25, -0.2) is 4.79 Å². The van der Waals surface area contributed by atoms with E-state index in [-0.39, 0.29) is 17.5 Å². The number of benzene rings is 2. The number of carbonyl (C=O) groups excluding carboxylic acids is 2. The van der Waals surface area contributed by atoms with Gasteiger partial charge >= 0.3 is 5.97 Å². The van der Waals surface area contributed by atoms with Crippen molar-refractivity contribution in [3.63, 3.8) is 0 Å². The van der Waals surface area contributed by atoms with Crippen LogP contribution in [0, 0.1) is 11.3 Å². The van der Waals surface area contributed by atoms with E-state index in [1.165, 1.54) is 10.4 Å². The van der Waals surface area contributed by atoms with Crippen LogP contribution in [0.25, 0.3) is 0 Å². The highest BCUT2D eigenvalue weighted by Crippen LogP contribution is 2.46. The van der Waals surface area contributed by atoms with E-state index in [9.17, 15) is 9.59 Å². The number of fused-ring (bicyclic) bond motifs is 3. The van der Waals surface area contributed by atoms with Crippen LogP contribution in [0.3, 0.4) is 0 Å². The molecule has 33 heavy (non-hydrogen) atoms. The van der Waals surface area contributed by atoms with Crippen molar-refractivity contribution in [3.05, 3.63) is 81.7 Å². The van der Waals surface area contributed by atoms with E-state index in [0.717, 1.165) is 35.4 Å². The molecule has 2 aliphatic rings. The highest BCUT2D eigenvalue weighted by Gasteiger charge is 2.36. The summed E-state index contributed by atoms with van der Waals surface area (Å²) in [6, 6.07) is 16.2. The zero-order chi connectivity index (χ0) is 23.2. The molecule has 5 nitrogen and oxygen atoms in total. The summed E-state index contributed by atoms with van der Waals surface area (Å²) >= 11 is 1.71. The molecule has 0 radical (unpaired) electrons. The molecule has 5 rings (SSSR count). The second-order valence-electron chi connectivity index (χ2n) is 9.89. The number of esters is 1. The molecule has 1 aromatic heterocycles. The number of hydrogen-bond acceptors (Lipinski definition) is 5. The monoisotopic (exact) mass is 460 g/mol. The quantitative estimate of drug-likeness (QED) is 0.373. The van der Waals surface area contributed by atoms with Crippen molar-refractivity contribution in [2.24, 2.45) is 11.3 Å². The molecule has 1 aliphatic heterocycles. The zero-order valence-corrected chi connectivity index (χ0v) is 19.9. The number of nitrogens with one attached hydrogen (secondary N) is 2. The summed E-state index contributed by atoms with van der Waals surface area (Å²) in [6.45, 7) is 6.90. The molecule has 3 aromatic rings. The van der Waals surface area contributed by atoms with Gasteiger partial charge in [0.1, 0.15) is 16.9 Å². The molecule has 1 aliphatic carbocycles. The van der Waals surface area contributed by atoms with Crippen molar-refractivity contribution in [3.8, 4) is 5.75 Å². The lowest BCUT2D eigenvalue weighted by molar-refractivity contribution is 0.0734. The molecular weight excluding hydrogens is 432 g/mol. The predicted molar refractivity (Wildman–Crippen MR) is 131 cm³/mol. The summed E-state index contributed by atoms with van der Waals surface area (Å²) < 4.78 is 5.56. The van der Waals surface area contributed by atoms with Gasteiger partial charge in [-0.2, -0.15) is 0 Å². The van der Waals surface area contributed by atoms with E-state index >= 15 is 0 Å². The second kappa shape index (κ2) is 8.34. The molecule has 2 atom stereocenters. The van der Waals surface area contributed by atoms with Crippen molar-refractivity contribution in [1.82, 2.24) is 5.32 Å². The fourth-order valence-electron chi connectivity index (χ4n) is 4.70. The molecule has 0 unspecified atom stereocenters. The molecule has 170 valence electrons. The van der Waals surface area contributed by atoms with Gasteiger partial charge < -0.3 is 15.4 Å². The maximum Gasteiger partial charge on any atom is 0.343 e. The van der Waals surface area contributed by atoms with Crippen molar-refractivity contribution >= 4 is 28.2 Å². The van der Waals surface area contributed by atoms with Crippen LogP contribution in [0.4, 0.5) is 5.00 Å². The molecule has 2 aromatic carbocycles. The van der Waals surface area contributed by atoms with Gasteiger partial charge in [0, 0.05) is 4.88 Å². The van der Waals surface area contributed by atoms with Crippen molar-refractivity contribution < 1.29 is 14.3 Å². The Bertz CT molecular complexity index is 1210. The first kappa shape index (κ1) is 21.7. The maximum atomic E-state index is 13.1. The summed E-state index contributed by atoms with van der Waals surface area (Å²) in [5.74, 6) is 0.629. The normalized spacial score (nSPS) is 19.7. The third-order valence-electron chi connectivity index (χ3n) is 6.68. The Hall–Kier alpha value is -3.12. The van der Waals surface area contributed by atoms with Crippen LogP contribution in [0.1, 0.15) is 70.1 Å². The fourth-order valence-corrected chi connectivity index (χ4v) is 6.05. The zero-order valence-electron chi connectivity index (χ0n) is 19.1. The van der Waals surface area contributed by atoms with Gasteiger partial charge in [0.05, 0.1) is 11.1 Å². The van der Waals surface area contributed by atoms with Gasteiger partial charge in [0.25, 0.3) is 5.91 Å². The van der Waals surface area contributed by atoms with Gasteiger partial charge in [0.2, 0.25) is 0 Å². The number of ether oxygens (including phenoxy) is 1. The maximum absolute atomic E-state index is 13.1. The third kappa shape index (κ3) is 4.27. The van der Waals surface area contributed by atoms with Crippen LogP contribution in [0.15, 0.2) is 54.6 Å². The summed E-state index contributed by atoms with van der Waals surface area (Å²) in [4.78, 5) is 26.9. The number of hydrogen-bond donors (Lipinski definition) is 2. The van der Waals surface area contributed by atoms with Crippen LogP contribution in [-0.4, -0.2) is 11.9 Å². The first-order chi connectivity index (χ1) is 15.8. The Morgan fingerprint density at radius 2 is 1.85 bits per heavy atom. The van der Waals surface area contributed by atoms with E-state index in [1.807, 2.05) is 18.2 Å². The SMILES string of the molecule is CC(C)(C)[C@@H]1CCc2c(sc3c2C(=O)N[C@@H](c2cccc(OC(=O)c4ccccc4)c2)N3)C1. The molecule has 0 saturated carbocycles. The Morgan fingerprint density at radius 3 is 2.61 bits per heavy atom. The average molecular weight is 461 g/mol. The van der Waals surface area contributed by atoms with Crippen molar-refractivity contribution in [1.29, 1.82) is 0 Å². The van der Waals surface area contributed by atoms with Gasteiger partial charge in [-0.1, -0.05) is 51.1 Å². The first-order valence-corrected chi connectivity index (χ1v) is 12.2.